The first-order valence-electron chi connectivity index (χ1n) is 33.3. The number of ether oxygens (including phenoxy) is 1. The molecule has 8 aromatic carbocycles. The summed E-state index contributed by atoms with van der Waals surface area (Å²) in [5.41, 5.74) is 31.5. The second-order valence-electron chi connectivity index (χ2n) is 29.2. The highest BCUT2D eigenvalue weighted by molar-refractivity contribution is 6.91. The van der Waals surface area contributed by atoms with Gasteiger partial charge < -0.3 is 4.74 Å². The molecule has 0 heterocycles. The van der Waals surface area contributed by atoms with Gasteiger partial charge in [0.1, 0.15) is 16.1 Å². The molecule has 0 saturated heterocycles. The van der Waals surface area contributed by atoms with Crippen molar-refractivity contribution in [2.45, 2.75) is 188 Å². The molecule has 0 N–H and O–H groups in total. The Balaban J connectivity index is 1.20. The molecule has 0 aromatic heterocycles. The monoisotopic (exact) mass is 1230 g/mol. The second kappa shape index (κ2) is 29.5. The van der Waals surface area contributed by atoms with Gasteiger partial charge in [-0.05, 0) is 210 Å². The van der Waals surface area contributed by atoms with Gasteiger partial charge in [0, 0.05) is 33.4 Å². The summed E-state index contributed by atoms with van der Waals surface area (Å²) in [7, 11) is -3.89. The van der Waals surface area contributed by atoms with Crippen LogP contribution in [0.2, 0.25) is 33.2 Å². The molecule has 91 heavy (non-hydrogen) atoms. The molecular weight excluding hydrogens is 1130 g/mol. The summed E-state index contributed by atoms with van der Waals surface area (Å²) in [5.74, 6) is 21.5. The van der Waals surface area contributed by atoms with Crippen LogP contribution in [0.1, 0.15) is 197 Å². The van der Waals surface area contributed by atoms with Crippen molar-refractivity contribution in [3.05, 3.63) is 237 Å². The predicted octanol–water partition coefficient (Wildman–Crippen LogP) is 23.0. The second-order valence-corrected chi connectivity index (χ2v) is 40.3. The molecule has 8 rings (SSSR count). The lowest BCUT2D eigenvalue weighted by molar-refractivity contribution is 0.0500. The molecule has 0 fully saturated rings. The third-order valence-electron chi connectivity index (χ3n) is 18.9. The number of esters is 1. The molecule has 8 aromatic rings. The lowest BCUT2D eigenvalue weighted by atomic mass is 9.84. The molecule has 0 spiro atoms. The van der Waals surface area contributed by atoms with Crippen LogP contribution in [0.4, 0.5) is 0 Å². The lowest BCUT2D eigenvalue weighted by Crippen LogP contribution is -2.43. The van der Waals surface area contributed by atoms with Crippen LogP contribution in [0.15, 0.2) is 176 Å². The van der Waals surface area contributed by atoms with Crippen molar-refractivity contribution < 1.29 is 9.53 Å². The maximum Gasteiger partial charge on any atom is 0.338 e. The van der Waals surface area contributed by atoms with Crippen LogP contribution in [0, 0.1) is 53.5 Å². The minimum Gasteiger partial charge on any atom is -0.462 e. The van der Waals surface area contributed by atoms with Crippen molar-refractivity contribution in [3.63, 3.8) is 0 Å². The van der Waals surface area contributed by atoms with Crippen LogP contribution < -0.4 is 0 Å². The Morgan fingerprint density at radius 1 is 0.396 bits per heavy atom. The number of aryl methyl sites for hydroxylation is 2. The summed E-state index contributed by atoms with van der Waals surface area (Å²) in [5, 5.41) is 0. The highest BCUT2D eigenvalue weighted by Gasteiger charge is 2.43. The van der Waals surface area contributed by atoms with Gasteiger partial charge in [0.15, 0.2) is 0 Å². The third kappa shape index (κ3) is 16.7. The Labute approximate surface area is 551 Å². The Morgan fingerprint density at radius 3 is 1.14 bits per heavy atom. The van der Waals surface area contributed by atoms with Gasteiger partial charge >= 0.3 is 5.97 Å². The van der Waals surface area contributed by atoms with Crippen LogP contribution in [-0.2, 0) is 22.0 Å². The van der Waals surface area contributed by atoms with E-state index in [9.17, 15) is 4.79 Å². The first-order valence-corrected chi connectivity index (χ1v) is 37.7. The molecule has 0 amide bonds. The standard InChI is InChI=1S/C87H98O2Si2/c1-60(2)90(61(3)4,62(5)6)50-47-72-52-70(54-80(56-72)86(14,15)16)31-29-68-35-43-75(44-36-68)82-58-79(74-41-33-67(34-42-74)24-23-49-89-85(88)78-25-21-20-22-26-78)59-83(84(82)77-39-27-66(13)28-40-77)76-45-37-69(38-46-76)30-32-71-53-73(57-81(55-71)87(17,18)19)48-51-91(63(7)8,64(9)10)65(11)12/h20-22,25-28,33-46,52-65H,23-24,49H2,1-19H3. The molecule has 0 bridgehead atoms. The number of hydrogen-bond donors (Lipinski definition) is 0. The lowest BCUT2D eigenvalue weighted by Gasteiger charge is -2.38. The van der Waals surface area contributed by atoms with Crippen molar-refractivity contribution in [3.8, 4) is 91.1 Å². The first kappa shape index (κ1) is 68.8. The van der Waals surface area contributed by atoms with E-state index in [0.717, 1.165) is 90.7 Å². The summed E-state index contributed by atoms with van der Waals surface area (Å²) in [6.07, 6.45) is 1.52. The maximum absolute atomic E-state index is 12.7. The van der Waals surface area contributed by atoms with E-state index >= 15 is 0 Å². The highest BCUT2D eigenvalue weighted by Crippen LogP contribution is 2.45. The van der Waals surface area contributed by atoms with Gasteiger partial charge in [-0.3, -0.25) is 0 Å². The van der Waals surface area contributed by atoms with Crippen LogP contribution in [-0.4, -0.2) is 28.7 Å². The van der Waals surface area contributed by atoms with Gasteiger partial charge in [-0.1, -0.05) is 257 Å². The Kier molecular flexibility index (Phi) is 22.3. The summed E-state index contributed by atoms with van der Waals surface area (Å²) in [4.78, 5) is 12.7. The van der Waals surface area contributed by atoms with Crippen molar-refractivity contribution in [1.29, 1.82) is 0 Å². The average Bonchev–Trinajstić information content (AvgIpc) is 0.791. The van der Waals surface area contributed by atoms with E-state index in [-0.39, 0.29) is 16.8 Å². The molecule has 466 valence electrons. The fourth-order valence-electron chi connectivity index (χ4n) is 13.6. The average molecular weight is 1230 g/mol. The van der Waals surface area contributed by atoms with Crippen LogP contribution in [0.5, 0.6) is 0 Å². The van der Waals surface area contributed by atoms with E-state index in [1.807, 2.05) is 18.2 Å². The van der Waals surface area contributed by atoms with Gasteiger partial charge in [-0.15, -0.1) is 11.1 Å². The summed E-state index contributed by atoms with van der Waals surface area (Å²) in [6, 6.07) is 62.7. The van der Waals surface area contributed by atoms with Gasteiger partial charge in [0.05, 0.1) is 12.2 Å². The van der Waals surface area contributed by atoms with Crippen LogP contribution in [0.3, 0.4) is 0 Å². The van der Waals surface area contributed by atoms with E-state index in [0.29, 0.717) is 45.4 Å². The smallest absolute Gasteiger partial charge is 0.338 e. The minimum atomic E-state index is -1.94. The molecule has 0 radical (unpaired) electrons. The van der Waals surface area contributed by atoms with Gasteiger partial charge in [0.2, 0.25) is 0 Å². The van der Waals surface area contributed by atoms with Crippen molar-refractivity contribution in [2.75, 3.05) is 6.61 Å². The quantitative estimate of drug-likeness (QED) is 0.0443. The van der Waals surface area contributed by atoms with Gasteiger partial charge in [-0.2, -0.15) is 0 Å². The zero-order chi connectivity index (χ0) is 66.0. The fourth-order valence-corrected chi connectivity index (χ4v) is 24.1. The molecular formula is C87H98O2Si2. The molecule has 0 aliphatic carbocycles. The SMILES string of the molecule is Cc1ccc(-c2c(-c3ccc(C#Cc4cc(C#C[Si](C(C)C)(C(C)C)C(C)C)cc(C(C)(C)C)c4)cc3)cc(-c3ccc(CCCOC(=O)c4ccccc4)cc3)cc2-c2ccc(C#Cc3cc(C#C[Si](C(C)C)(C(C)C)C(C)C)cc(C(C)(C)C)c3)cc2)cc1. The topological polar surface area (TPSA) is 26.3 Å². The van der Waals surface area contributed by atoms with Gasteiger partial charge in [0.25, 0.3) is 0 Å². The van der Waals surface area contributed by atoms with Crippen molar-refractivity contribution in [1.82, 2.24) is 0 Å². The molecule has 0 saturated carbocycles. The zero-order valence-corrected chi connectivity index (χ0v) is 60.1. The molecule has 0 atom stereocenters. The summed E-state index contributed by atoms with van der Waals surface area (Å²) >= 11 is 0. The zero-order valence-electron chi connectivity index (χ0n) is 58.1. The van der Waals surface area contributed by atoms with E-state index in [2.05, 4.69) is 324 Å². The van der Waals surface area contributed by atoms with Gasteiger partial charge in [-0.25, -0.2) is 4.79 Å². The summed E-state index contributed by atoms with van der Waals surface area (Å²) in [6.45, 7) is 44.6. The molecule has 0 aliphatic heterocycles. The number of rotatable bonds is 15. The molecule has 2 nitrogen and oxygen atoms in total. The van der Waals surface area contributed by atoms with E-state index in [1.54, 1.807) is 12.1 Å². The Bertz CT molecular complexity index is 3860. The van der Waals surface area contributed by atoms with E-state index < -0.39 is 16.1 Å². The normalized spacial score (nSPS) is 11.9. The fraction of sp³-hybridized carbons (Fsp3) is 0.345. The number of hydrogen-bond acceptors (Lipinski definition) is 2. The third-order valence-corrected chi connectivity index (χ3v) is 31.5. The van der Waals surface area contributed by atoms with Crippen molar-refractivity contribution >= 4 is 22.1 Å². The molecule has 0 aliphatic rings. The Hall–Kier alpha value is -8.10. The van der Waals surface area contributed by atoms with Crippen LogP contribution in [0.25, 0.3) is 44.5 Å². The van der Waals surface area contributed by atoms with E-state index in [4.69, 9.17) is 4.74 Å². The largest absolute Gasteiger partial charge is 0.462 e. The highest BCUT2D eigenvalue weighted by atomic mass is 28.3. The first-order chi connectivity index (χ1) is 43.1. The van der Waals surface area contributed by atoms with Crippen LogP contribution >= 0.6 is 0 Å². The number of benzene rings is 8. The Morgan fingerprint density at radius 2 is 0.758 bits per heavy atom. The molecule has 4 heteroatoms. The predicted molar refractivity (Wildman–Crippen MR) is 396 cm³/mol. The maximum atomic E-state index is 12.7. The molecule has 0 unspecified atom stereocenters. The van der Waals surface area contributed by atoms with E-state index in [1.165, 1.54) is 22.3 Å². The summed E-state index contributed by atoms with van der Waals surface area (Å²) < 4.78 is 5.64. The number of carbonyl (C=O) groups is 1. The number of carbonyl (C=O) groups excluding carboxylic acids is 1. The van der Waals surface area contributed by atoms with Crippen molar-refractivity contribution in [2.24, 2.45) is 0 Å². The minimum absolute atomic E-state index is 0.0659.